The van der Waals surface area contributed by atoms with Crippen LogP contribution in [-0.2, 0) is 9.53 Å². The summed E-state index contributed by atoms with van der Waals surface area (Å²) in [5.74, 6) is -1.24. The first-order chi connectivity index (χ1) is 11.4. The molecule has 24 heavy (non-hydrogen) atoms. The van der Waals surface area contributed by atoms with Crippen molar-refractivity contribution in [1.82, 2.24) is 0 Å². The van der Waals surface area contributed by atoms with Gasteiger partial charge in [0, 0.05) is 6.07 Å². The van der Waals surface area contributed by atoms with E-state index >= 15 is 0 Å². The van der Waals surface area contributed by atoms with E-state index in [1.54, 1.807) is 13.0 Å². The van der Waals surface area contributed by atoms with Crippen molar-refractivity contribution in [2.45, 2.75) is 6.92 Å². The first-order valence-corrected chi connectivity index (χ1v) is 6.97. The predicted octanol–water partition coefficient (Wildman–Crippen LogP) is 3.39. The van der Waals surface area contributed by atoms with Gasteiger partial charge in [0.1, 0.15) is 11.4 Å². The number of ether oxygens (including phenoxy) is 1. The molecule has 0 radical (unpaired) electrons. The number of nitro benzene ring substituents is 1. The molecule has 0 fully saturated rings. The first-order valence-electron chi connectivity index (χ1n) is 6.97. The molecule has 1 aliphatic heterocycles. The second-order valence-electron chi connectivity index (χ2n) is 5.17. The summed E-state index contributed by atoms with van der Waals surface area (Å²) < 4.78 is 18.0. The van der Waals surface area contributed by atoms with Gasteiger partial charge in [-0.3, -0.25) is 10.1 Å². The van der Waals surface area contributed by atoms with Gasteiger partial charge in [0.2, 0.25) is 5.90 Å². The summed E-state index contributed by atoms with van der Waals surface area (Å²) in [6.45, 7) is 1.76. The molecule has 7 heteroatoms. The number of hydrogen-bond acceptors (Lipinski definition) is 5. The van der Waals surface area contributed by atoms with Crippen LogP contribution in [0.1, 0.15) is 16.7 Å². The Morgan fingerprint density at radius 2 is 1.92 bits per heavy atom. The molecule has 0 aromatic heterocycles. The summed E-state index contributed by atoms with van der Waals surface area (Å²) in [5, 5.41) is 11.1. The van der Waals surface area contributed by atoms with Gasteiger partial charge >= 0.3 is 5.97 Å². The molecule has 6 nitrogen and oxygen atoms in total. The van der Waals surface area contributed by atoms with Crippen molar-refractivity contribution in [3.05, 3.63) is 80.8 Å². The molecule has 120 valence electrons. The Balaban J connectivity index is 2.02. The maximum atomic E-state index is 12.9. The number of carbonyl (C=O) groups is 1. The van der Waals surface area contributed by atoms with E-state index in [2.05, 4.69) is 4.99 Å². The van der Waals surface area contributed by atoms with Crippen LogP contribution in [0.5, 0.6) is 0 Å². The highest BCUT2D eigenvalue weighted by Gasteiger charge is 2.29. The number of aliphatic imine (C=N–C) groups is 1. The summed E-state index contributed by atoms with van der Waals surface area (Å²) in [6.07, 6.45) is 1.43. The molecule has 0 atom stereocenters. The zero-order valence-electron chi connectivity index (χ0n) is 12.5. The summed E-state index contributed by atoms with van der Waals surface area (Å²) in [4.78, 5) is 26.6. The highest BCUT2D eigenvalue weighted by molar-refractivity contribution is 6.14. The number of nitro groups is 1. The van der Waals surface area contributed by atoms with Gasteiger partial charge in [-0.25, -0.2) is 14.2 Å². The molecule has 1 aliphatic rings. The van der Waals surface area contributed by atoms with Crippen LogP contribution < -0.4 is 0 Å². The molecule has 0 saturated heterocycles. The van der Waals surface area contributed by atoms with Gasteiger partial charge in [0.05, 0.1) is 4.92 Å². The predicted molar refractivity (Wildman–Crippen MR) is 84.8 cm³/mol. The molecule has 0 bridgehead atoms. The number of rotatable bonds is 3. The Labute approximate surface area is 136 Å². The van der Waals surface area contributed by atoms with E-state index in [1.807, 2.05) is 0 Å². The maximum Gasteiger partial charge on any atom is 0.363 e. The molecule has 0 saturated carbocycles. The van der Waals surface area contributed by atoms with Gasteiger partial charge in [-0.15, -0.1) is 0 Å². The van der Waals surface area contributed by atoms with Crippen LogP contribution in [0.2, 0.25) is 0 Å². The lowest BCUT2D eigenvalue weighted by Crippen LogP contribution is -2.08. The fraction of sp³-hybridized carbons (Fsp3) is 0.0588. The average molecular weight is 326 g/mol. The number of carbonyl (C=O) groups excluding carboxylic acids is 1. The van der Waals surface area contributed by atoms with Crippen LogP contribution in [0.25, 0.3) is 6.08 Å². The molecule has 0 spiro atoms. The normalized spacial score (nSPS) is 15.3. The van der Waals surface area contributed by atoms with E-state index in [0.717, 1.165) is 5.56 Å². The van der Waals surface area contributed by atoms with Gasteiger partial charge in [0.15, 0.2) is 5.70 Å². The van der Waals surface area contributed by atoms with E-state index in [4.69, 9.17) is 4.74 Å². The summed E-state index contributed by atoms with van der Waals surface area (Å²) >= 11 is 0. The lowest BCUT2D eigenvalue weighted by Gasteiger charge is -2.02. The SMILES string of the molecule is Cc1ccc([N+](=O)[O-])c(C2=N/C(=C\c3ccc(F)cc3)C(=O)O2)c1. The van der Waals surface area contributed by atoms with Gasteiger partial charge in [-0.05, 0) is 42.3 Å². The second kappa shape index (κ2) is 6.04. The molecule has 0 N–H and O–H groups in total. The maximum absolute atomic E-state index is 12.9. The molecule has 0 amide bonds. The summed E-state index contributed by atoms with van der Waals surface area (Å²) in [5.41, 5.74) is 1.26. The topological polar surface area (TPSA) is 81.8 Å². The average Bonchev–Trinajstić information content (AvgIpc) is 2.90. The van der Waals surface area contributed by atoms with E-state index in [-0.39, 0.29) is 22.8 Å². The quantitative estimate of drug-likeness (QED) is 0.375. The number of halogens is 1. The van der Waals surface area contributed by atoms with E-state index in [9.17, 15) is 19.3 Å². The summed E-state index contributed by atoms with van der Waals surface area (Å²) in [7, 11) is 0. The third-order valence-electron chi connectivity index (χ3n) is 3.37. The van der Waals surface area contributed by atoms with Crippen LogP contribution in [0.15, 0.2) is 53.2 Å². The first kappa shape index (κ1) is 15.5. The van der Waals surface area contributed by atoms with Gasteiger partial charge in [-0.1, -0.05) is 18.2 Å². The van der Waals surface area contributed by atoms with Crippen molar-refractivity contribution in [2.24, 2.45) is 4.99 Å². The fourth-order valence-electron chi connectivity index (χ4n) is 2.22. The highest BCUT2D eigenvalue weighted by Crippen LogP contribution is 2.26. The van der Waals surface area contributed by atoms with Crippen molar-refractivity contribution in [3.8, 4) is 0 Å². The van der Waals surface area contributed by atoms with Crippen LogP contribution in [0.4, 0.5) is 10.1 Å². The Bertz CT molecular complexity index is 901. The number of hydrogen-bond donors (Lipinski definition) is 0. The second-order valence-corrected chi connectivity index (χ2v) is 5.17. The monoisotopic (exact) mass is 326 g/mol. The molecule has 3 rings (SSSR count). The third kappa shape index (κ3) is 3.05. The Kier molecular flexibility index (Phi) is 3.91. The minimum atomic E-state index is -0.717. The lowest BCUT2D eigenvalue weighted by atomic mass is 10.1. The number of aryl methyl sites for hydroxylation is 1. The van der Waals surface area contributed by atoms with E-state index in [0.29, 0.717) is 5.56 Å². The Morgan fingerprint density at radius 1 is 1.21 bits per heavy atom. The summed E-state index contributed by atoms with van der Waals surface area (Å²) in [6, 6.07) is 9.93. The number of benzene rings is 2. The fourth-order valence-corrected chi connectivity index (χ4v) is 2.22. The van der Waals surface area contributed by atoms with Crippen LogP contribution >= 0.6 is 0 Å². The van der Waals surface area contributed by atoms with Crippen molar-refractivity contribution in [2.75, 3.05) is 0 Å². The van der Waals surface area contributed by atoms with Crippen LogP contribution in [0, 0.1) is 22.9 Å². The molecule has 1 heterocycles. The van der Waals surface area contributed by atoms with Crippen molar-refractivity contribution < 1.29 is 18.8 Å². The molecular weight excluding hydrogens is 315 g/mol. The molecule has 0 unspecified atom stereocenters. The minimum Gasteiger partial charge on any atom is -0.402 e. The van der Waals surface area contributed by atoms with Crippen LogP contribution in [0.3, 0.4) is 0 Å². The molecule has 2 aromatic carbocycles. The van der Waals surface area contributed by atoms with Crippen molar-refractivity contribution in [1.29, 1.82) is 0 Å². The number of cyclic esters (lactones) is 1. The minimum absolute atomic E-state index is 0.00703. The molecule has 0 aliphatic carbocycles. The van der Waals surface area contributed by atoms with Crippen molar-refractivity contribution >= 4 is 23.6 Å². The zero-order chi connectivity index (χ0) is 17.3. The van der Waals surface area contributed by atoms with Gasteiger partial charge in [0.25, 0.3) is 5.69 Å². The van der Waals surface area contributed by atoms with Gasteiger partial charge < -0.3 is 4.74 Å². The number of nitrogens with zero attached hydrogens (tertiary/aromatic N) is 2. The Hall–Kier alpha value is -3.35. The van der Waals surface area contributed by atoms with Crippen molar-refractivity contribution in [3.63, 3.8) is 0 Å². The highest BCUT2D eigenvalue weighted by atomic mass is 19.1. The van der Waals surface area contributed by atoms with Gasteiger partial charge in [-0.2, -0.15) is 0 Å². The molecule has 2 aromatic rings. The third-order valence-corrected chi connectivity index (χ3v) is 3.37. The molecular formula is C17H11FN2O4. The van der Waals surface area contributed by atoms with Crippen LogP contribution in [-0.4, -0.2) is 16.8 Å². The van der Waals surface area contributed by atoms with E-state index < -0.39 is 16.7 Å². The Morgan fingerprint density at radius 3 is 2.58 bits per heavy atom. The lowest BCUT2D eigenvalue weighted by molar-refractivity contribution is -0.385. The smallest absolute Gasteiger partial charge is 0.363 e. The number of esters is 1. The van der Waals surface area contributed by atoms with E-state index in [1.165, 1.54) is 42.5 Å². The largest absolute Gasteiger partial charge is 0.402 e. The standard InChI is InChI=1S/C17H11FN2O4/c1-10-2-7-15(20(22)23)13(8-10)16-19-14(17(21)24-16)9-11-3-5-12(18)6-4-11/h2-9H,1H3/b14-9-. The zero-order valence-corrected chi connectivity index (χ0v) is 12.5.